The van der Waals surface area contributed by atoms with Gasteiger partial charge in [-0.25, -0.2) is 8.42 Å². The van der Waals surface area contributed by atoms with Crippen LogP contribution in [-0.4, -0.2) is 70.1 Å². The van der Waals surface area contributed by atoms with Crippen LogP contribution in [0.15, 0.2) is 0 Å². The van der Waals surface area contributed by atoms with Crippen LogP contribution in [0.5, 0.6) is 0 Å². The summed E-state index contributed by atoms with van der Waals surface area (Å²) in [4.78, 5) is 0. The van der Waals surface area contributed by atoms with Gasteiger partial charge >= 0.3 is 0 Å². The van der Waals surface area contributed by atoms with E-state index in [2.05, 4.69) is 12.2 Å². The first kappa shape index (κ1) is 18.8. The molecule has 0 amide bonds. The average molecular weight is 323 g/mol. The number of sulfone groups is 1. The summed E-state index contributed by atoms with van der Waals surface area (Å²) in [5, 5.41) is 12.4. The van der Waals surface area contributed by atoms with Gasteiger partial charge in [-0.3, -0.25) is 0 Å². The minimum absolute atomic E-state index is 0.238. The van der Waals surface area contributed by atoms with Gasteiger partial charge in [0, 0.05) is 19.7 Å². The Morgan fingerprint density at radius 1 is 1.29 bits per heavy atom. The number of hydrogen-bond donors (Lipinski definition) is 2. The zero-order valence-corrected chi connectivity index (χ0v) is 13.7. The standard InChI is InChI=1S/C14H29NO5S/c1-2-3-6-19-7-8-20-12-13(16)10-15-11-14-5-4-9-21(14,17)18/h13-16H,2-12H2,1H3. The molecule has 1 fully saturated rings. The molecule has 0 radical (unpaired) electrons. The monoisotopic (exact) mass is 323 g/mol. The smallest absolute Gasteiger partial charge is 0.154 e. The predicted octanol–water partition coefficient (Wildman–Crippen LogP) is 0.347. The van der Waals surface area contributed by atoms with Crippen LogP contribution in [-0.2, 0) is 19.3 Å². The Balaban J connectivity index is 1.95. The number of aliphatic hydroxyl groups is 1. The lowest BCUT2D eigenvalue weighted by Gasteiger charge is -2.14. The molecular formula is C14H29NO5S. The Morgan fingerprint density at radius 2 is 2.05 bits per heavy atom. The number of unbranched alkanes of at least 4 members (excludes halogenated alkanes) is 1. The largest absolute Gasteiger partial charge is 0.389 e. The molecule has 2 N–H and O–H groups in total. The minimum atomic E-state index is -2.91. The van der Waals surface area contributed by atoms with Crippen LogP contribution in [0.25, 0.3) is 0 Å². The second-order valence-electron chi connectivity index (χ2n) is 5.48. The van der Waals surface area contributed by atoms with Crippen LogP contribution in [0.4, 0.5) is 0 Å². The van der Waals surface area contributed by atoms with Gasteiger partial charge in [-0.05, 0) is 19.3 Å². The quantitative estimate of drug-likeness (QED) is 0.504. The maximum atomic E-state index is 11.6. The molecule has 6 nitrogen and oxygen atoms in total. The molecule has 1 rings (SSSR count). The Bertz CT molecular complexity index is 360. The summed E-state index contributed by atoms with van der Waals surface area (Å²) in [5.41, 5.74) is 0. The summed E-state index contributed by atoms with van der Waals surface area (Å²) in [6, 6.07) is 0. The van der Waals surface area contributed by atoms with E-state index in [0.29, 0.717) is 32.1 Å². The third kappa shape index (κ3) is 8.11. The minimum Gasteiger partial charge on any atom is -0.389 e. The molecule has 0 aromatic carbocycles. The lowest BCUT2D eigenvalue weighted by Crippen LogP contribution is -2.37. The summed E-state index contributed by atoms with van der Waals surface area (Å²) in [6.45, 7) is 4.88. The first-order valence-corrected chi connectivity index (χ1v) is 9.53. The van der Waals surface area contributed by atoms with Gasteiger partial charge in [0.2, 0.25) is 0 Å². The van der Waals surface area contributed by atoms with Gasteiger partial charge < -0.3 is 19.9 Å². The summed E-state index contributed by atoms with van der Waals surface area (Å²) in [6.07, 6.45) is 3.01. The molecule has 1 saturated heterocycles. The highest BCUT2D eigenvalue weighted by Crippen LogP contribution is 2.18. The molecule has 0 aromatic rings. The molecule has 0 bridgehead atoms. The van der Waals surface area contributed by atoms with E-state index < -0.39 is 15.9 Å². The van der Waals surface area contributed by atoms with Crippen molar-refractivity contribution in [2.75, 3.05) is 45.3 Å². The van der Waals surface area contributed by atoms with Crippen LogP contribution in [0, 0.1) is 0 Å². The molecule has 1 aliphatic rings. The Hall–Kier alpha value is -0.210. The summed E-state index contributed by atoms with van der Waals surface area (Å²) in [7, 11) is -2.91. The van der Waals surface area contributed by atoms with Crippen molar-refractivity contribution in [3.63, 3.8) is 0 Å². The second-order valence-corrected chi connectivity index (χ2v) is 7.88. The van der Waals surface area contributed by atoms with Gasteiger partial charge in [0.15, 0.2) is 9.84 Å². The van der Waals surface area contributed by atoms with E-state index in [-0.39, 0.29) is 11.9 Å². The zero-order valence-electron chi connectivity index (χ0n) is 12.9. The van der Waals surface area contributed by atoms with Crippen molar-refractivity contribution in [2.45, 2.75) is 44.0 Å². The number of hydrogen-bond acceptors (Lipinski definition) is 6. The second kappa shape index (κ2) is 10.5. The number of nitrogens with one attached hydrogen (secondary N) is 1. The van der Waals surface area contributed by atoms with Gasteiger partial charge in [0.1, 0.15) is 0 Å². The maximum Gasteiger partial charge on any atom is 0.154 e. The van der Waals surface area contributed by atoms with E-state index in [1.807, 2.05) is 0 Å². The van der Waals surface area contributed by atoms with Gasteiger partial charge in [0.25, 0.3) is 0 Å². The Kier molecular flexibility index (Phi) is 9.42. The highest BCUT2D eigenvalue weighted by molar-refractivity contribution is 7.92. The van der Waals surface area contributed by atoms with Crippen molar-refractivity contribution in [1.29, 1.82) is 0 Å². The van der Waals surface area contributed by atoms with Crippen LogP contribution >= 0.6 is 0 Å². The Labute approximate surface area is 128 Å². The van der Waals surface area contributed by atoms with Gasteiger partial charge in [-0.2, -0.15) is 0 Å². The number of ether oxygens (including phenoxy) is 2. The highest BCUT2D eigenvalue weighted by atomic mass is 32.2. The molecule has 7 heteroatoms. The third-order valence-electron chi connectivity index (χ3n) is 3.54. The molecular weight excluding hydrogens is 294 g/mol. The summed E-state index contributed by atoms with van der Waals surface area (Å²) in [5.74, 6) is 0.295. The van der Waals surface area contributed by atoms with E-state index >= 15 is 0 Å². The number of rotatable bonds is 12. The molecule has 0 saturated carbocycles. The average Bonchev–Trinajstić information content (AvgIpc) is 2.77. The molecule has 1 aliphatic heterocycles. The SMILES string of the molecule is CCCCOCCOCC(O)CNCC1CCCS1(=O)=O. The number of aliphatic hydroxyl groups excluding tert-OH is 1. The Morgan fingerprint density at radius 3 is 2.71 bits per heavy atom. The molecule has 1 heterocycles. The zero-order chi connectivity index (χ0) is 15.6. The summed E-state index contributed by atoms with van der Waals surface area (Å²) < 4.78 is 33.9. The first-order chi connectivity index (χ1) is 10.1. The van der Waals surface area contributed by atoms with E-state index in [1.54, 1.807) is 0 Å². The van der Waals surface area contributed by atoms with E-state index in [0.717, 1.165) is 32.3 Å². The fourth-order valence-corrected chi connectivity index (χ4v) is 4.04. The topological polar surface area (TPSA) is 84.9 Å². The maximum absolute atomic E-state index is 11.6. The fourth-order valence-electron chi connectivity index (χ4n) is 2.24. The van der Waals surface area contributed by atoms with Crippen molar-refractivity contribution in [2.24, 2.45) is 0 Å². The van der Waals surface area contributed by atoms with Gasteiger partial charge in [-0.1, -0.05) is 13.3 Å². The molecule has 0 spiro atoms. The molecule has 0 aromatic heterocycles. The lowest BCUT2D eigenvalue weighted by molar-refractivity contribution is 0.00399. The van der Waals surface area contributed by atoms with Crippen LogP contribution in [0.1, 0.15) is 32.6 Å². The summed E-state index contributed by atoms with van der Waals surface area (Å²) >= 11 is 0. The third-order valence-corrected chi connectivity index (χ3v) is 5.82. The molecule has 21 heavy (non-hydrogen) atoms. The van der Waals surface area contributed by atoms with Crippen molar-refractivity contribution in [1.82, 2.24) is 5.32 Å². The molecule has 0 aliphatic carbocycles. The lowest BCUT2D eigenvalue weighted by atomic mass is 10.2. The predicted molar refractivity (Wildman–Crippen MR) is 82.2 cm³/mol. The first-order valence-electron chi connectivity index (χ1n) is 7.82. The van der Waals surface area contributed by atoms with E-state index in [1.165, 1.54) is 0 Å². The normalized spacial score (nSPS) is 22.5. The van der Waals surface area contributed by atoms with Gasteiger partial charge in [0.05, 0.1) is 36.9 Å². The van der Waals surface area contributed by atoms with Crippen molar-refractivity contribution < 1.29 is 23.0 Å². The van der Waals surface area contributed by atoms with E-state index in [9.17, 15) is 13.5 Å². The highest BCUT2D eigenvalue weighted by Gasteiger charge is 2.30. The van der Waals surface area contributed by atoms with Crippen LogP contribution in [0.3, 0.4) is 0 Å². The van der Waals surface area contributed by atoms with Crippen molar-refractivity contribution >= 4 is 9.84 Å². The molecule has 2 unspecified atom stereocenters. The molecule has 126 valence electrons. The van der Waals surface area contributed by atoms with Crippen LogP contribution in [0.2, 0.25) is 0 Å². The van der Waals surface area contributed by atoms with Crippen molar-refractivity contribution in [3.8, 4) is 0 Å². The van der Waals surface area contributed by atoms with Crippen LogP contribution < -0.4 is 5.32 Å². The van der Waals surface area contributed by atoms with E-state index in [4.69, 9.17) is 9.47 Å². The van der Waals surface area contributed by atoms with Gasteiger partial charge in [-0.15, -0.1) is 0 Å². The fraction of sp³-hybridized carbons (Fsp3) is 1.00. The van der Waals surface area contributed by atoms with Crippen molar-refractivity contribution in [3.05, 3.63) is 0 Å². The molecule has 2 atom stereocenters.